The lowest BCUT2D eigenvalue weighted by atomic mass is 9.81. The summed E-state index contributed by atoms with van der Waals surface area (Å²) < 4.78 is 110. The first kappa shape index (κ1) is 43.9. The van der Waals surface area contributed by atoms with Crippen molar-refractivity contribution in [3.63, 3.8) is 0 Å². The zero-order chi connectivity index (χ0) is 47.9. The van der Waals surface area contributed by atoms with Gasteiger partial charge in [-0.15, -0.1) is 12.8 Å². The maximum Gasteiger partial charge on any atom is 0.457 e. The Morgan fingerprint density at radius 2 is 0.812 bits per heavy atom. The fourth-order valence-electron chi connectivity index (χ4n) is 8.30. The van der Waals surface area contributed by atoms with Crippen molar-refractivity contribution in [2.24, 2.45) is 0 Å². The van der Waals surface area contributed by atoms with Gasteiger partial charge < -0.3 is 9.47 Å². The minimum atomic E-state index is -6.35. The highest BCUT2D eigenvalue weighted by molar-refractivity contribution is 5.86. The molecule has 69 heavy (non-hydrogen) atoms. The van der Waals surface area contributed by atoms with Crippen LogP contribution >= 0.6 is 0 Å². The van der Waals surface area contributed by atoms with Gasteiger partial charge >= 0.3 is 12.1 Å². The van der Waals surface area contributed by atoms with Crippen molar-refractivity contribution in [2.45, 2.75) is 17.8 Å². The molecule has 10 aromatic rings. The van der Waals surface area contributed by atoms with E-state index in [0.717, 1.165) is 24.3 Å². The van der Waals surface area contributed by atoms with E-state index in [1.54, 1.807) is 130 Å². The van der Waals surface area contributed by atoms with Crippen molar-refractivity contribution in [1.82, 2.24) is 19.1 Å². The number of alkyl halides is 6. The summed E-state index contributed by atoms with van der Waals surface area (Å²) in [5.74, 6) is 1.92. The first-order valence-corrected chi connectivity index (χ1v) is 21.3. The van der Waals surface area contributed by atoms with Crippen LogP contribution in [0.3, 0.4) is 0 Å². The van der Waals surface area contributed by atoms with E-state index in [2.05, 4.69) is 11.8 Å². The molecule has 6 nitrogen and oxygen atoms in total. The Morgan fingerprint density at radius 1 is 0.420 bits per heavy atom. The molecule has 0 N–H and O–H groups in total. The maximum absolute atomic E-state index is 18.1. The lowest BCUT2D eigenvalue weighted by Crippen LogP contribution is -2.53. The minimum Gasteiger partial charge on any atom is -0.457 e. The zero-order valence-corrected chi connectivity index (χ0v) is 36.0. The van der Waals surface area contributed by atoms with Crippen LogP contribution in [0.25, 0.3) is 56.2 Å². The number of para-hydroxylation sites is 2. The maximum atomic E-state index is 18.1. The number of aromatic nitrogens is 4. The molecule has 0 bridgehead atoms. The Kier molecular flexibility index (Phi) is 11.0. The van der Waals surface area contributed by atoms with Crippen LogP contribution in [0, 0.1) is 24.7 Å². The second-order valence-electron chi connectivity index (χ2n) is 15.9. The molecule has 8 aromatic carbocycles. The number of fused-ring (bicyclic) bond motifs is 2. The predicted molar refractivity (Wildman–Crippen MR) is 255 cm³/mol. The molecule has 0 aliphatic rings. The summed E-state index contributed by atoms with van der Waals surface area (Å²) in [6.45, 7) is 0. The van der Waals surface area contributed by atoms with Crippen LogP contribution in [0.1, 0.15) is 22.3 Å². The van der Waals surface area contributed by atoms with E-state index in [1.165, 1.54) is 12.1 Å². The Labute approximate surface area is 391 Å². The fraction of sp³-hybridized carbons (Fsp3) is 0.0526. The number of imidazole rings is 2. The minimum absolute atomic E-state index is 0.0704. The Hall–Kier alpha value is -9.00. The van der Waals surface area contributed by atoms with Gasteiger partial charge in [0.25, 0.3) is 0 Å². The lowest BCUT2D eigenvalue weighted by molar-refractivity contribution is -0.323. The van der Waals surface area contributed by atoms with Crippen molar-refractivity contribution >= 4 is 22.1 Å². The molecule has 0 aliphatic carbocycles. The van der Waals surface area contributed by atoms with Crippen LogP contribution < -0.4 is 9.47 Å². The average Bonchev–Trinajstić information content (AvgIpc) is 3.96. The van der Waals surface area contributed by atoms with E-state index in [1.807, 2.05) is 36.4 Å². The smallest absolute Gasteiger partial charge is 0.457 e. The van der Waals surface area contributed by atoms with Crippen molar-refractivity contribution in [3.8, 4) is 81.8 Å². The molecule has 0 saturated heterocycles. The molecule has 12 heteroatoms. The molecule has 0 fully saturated rings. The normalized spacial score (nSPS) is 11.9. The van der Waals surface area contributed by atoms with Crippen LogP contribution in [0.2, 0.25) is 0 Å². The summed E-state index contributed by atoms with van der Waals surface area (Å²) in [6, 6.07) is 51.9. The van der Waals surface area contributed by atoms with Crippen LogP contribution in [0.5, 0.6) is 23.0 Å². The number of hydrogen-bond acceptors (Lipinski definition) is 4. The second-order valence-corrected chi connectivity index (χ2v) is 15.9. The summed E-state index contributed by atoms with van der Waals surface area (Å²) in [7, 11) is 0. The molecule has 0 aliphatic heterocycles. The second kappa shape index (κ2) is 17.3. The number of benzene rings is 8. The highest BCUT2D eigenvalue weighted by atomic mass is 19.4. The van der Waals surface area contributed by atoms with Crippen LogP contribution in [-0.4, -0.2) is 31.2 Å². The SMILES string of the molecule is C#Cc1cccc(-c2nc3cc(C(F)(c4ccc5c(c4)nc(-c4cccc(C#C)c4)n5-c4ccc(Oc5ccccc5)cc4)C(F)(F)C(F)(F)F)ccc3n2-c2ccc(Oc3ccccc3)cc2)c1. The van der Waals surface area contributed by atoms with Gasteiger partial charge in [-0.05, 0) is 121 Å². The summed E-state index contributed by atoms with van der Waals surface area (Å²) in [4.78, 5) is 9.49. The Balaban J connectivity index is 1.12. The van der Waals surface area contributed by atoms with Gasteiger partial charge in [-0.3, -0.25) is 9.13 Å². The number of terminal acetylenes is 2. The molecule has 0 unspecified atom stereocenters. The number of ether oxygens (including phenoxy) is 2. The van der Waals surface area contributed by atoms with Gasteiger partial charge in [0.15, 0.2) is 0 Å². The van der Waals surface area contributed by atoms with E-state index in [0.29, 0.717) is 56.6 Å². The first-order chi connectivity index (χ1) is 33.3. The third kappa shape index (κ3) is 7.98. The monoisotopic (exact) mass is 920 g/mol. The van der Waals surface area contributed by atoms with E-state index < -0.39 is 28.9 Å². The van der Waals surface area contributed by atoms with E-state index >= 15 is 13.2 Å². The number of nitrogens with zero attached hydrogens (tertiary/aromatic N) is 4. The van der Waals surface area contributed by atoms with Crippen molar-refractivity contribution in [1.29, 1.82) is 0 Å². The van der Waals surface area contributed by atoms with E-state index in [-0.39, 0.29) is 33.7 Å². The van der Waals surface area contributed by atoms with Crippen LogP contribution in [-0.2, 0) is 5.67 Å². The molecule has 336 valence electrons. The fourth-order valence-corrected chi connectivity index (χ4v) is 8.30. The van der Waals surface area contributed by atoms with Gasteiger partial charge in [-0.25, -0.2) is 14.4 Å². The third-order valence-corrected chi connectivity index (χ3v) is 11.6. The van der Waals surface area contributed by atoms with Crippen LogP contribution in [0.4, 0.5) is 26.3 Å². The topological polar surface area (TPSA) is 54.1 Å². The predicted octanol–water partition coefficient (Wildman–Crippen LogP) is 14.7. The van der Waals surface area contributed by atoms with Crippen molar-refractivity contribution in [3.05, 3.63) is 216 Å². The molecule has 10 rings (SSSR count). The largest absolute Gasteiger partial charge is 0.457 e. The summed E-state index contributed by atoms with van der Waals surface area (Å²) in [5, 5.41) is 0. The quantitative estimate of drug-likeness (QED) is 0.0958. The van der Waals surface area contributed by atoms with Gasteiger partial charge in [-0.1, -0.05) is 84.6 Å². The molecule has 0 saturated carbocycles. The molecule has 0 spiro atoms. The van der Waals surface area contributed by atoms with E-state index in [4.69, 9.17) is 32.3 Å². The first-order valence-electron chi connectivity index (χ1n) is 21.3. The molecule has 0 atom stereocenters. The van der Waals surface area contributed by atoms with Gasteiger partial charge in [-0.2, -0.15) is 22.0 Å². The molecule has 0 radical (unpaired) electrons. The molecule has 2 heterocycles. The average molecular weight is 921 g/mol. The Morgan fingerprint density at radius 3 is 1.19 bits per heavy atom. The molecule has 0 amide bonds. The number of rotatable bonds is 11. The van der Waals surface area contributed by atoms with Gasteiger partial charge in [0.1, 0.15) is 34.6 Å². The standard InChI is InChI=1S/C57H34F6N4O2/c1-3-37-13-11-15-39(33-37)53-64-49-35-41(21-31-51(49)66(53)43-23-27-47(28-24-43)68-45-17-7-5-8-18-45)55(58,56(59,60)57(61,62)63)42-22-32-52-50(36-42)65-54(40-16-12-14-38(4-2)34-40)67(52)44-25-29-48(30-26-44)69-46-19-9-6-10-20-46/h1-2,5-36H. The van der Waals surface area contributed by atoms with Gasteiger partial charge in [0.05, 0.1) is 22.1 Å². The zero-order valence-electron chi connectivity index (χ0n) is 36.0. The molecular formula is C57H34F6N4O2. The van der Waals surface area contributed by atoms with Gasteiger partial charge in [0.2, 0.25) is 5.67 Å². The number of hydrogen-bond donors (Lipinski definition) is 0. The van der Waals surface area contributed by atoms with Crippen molar-refractivity contribution in [2.75, 3.05) is 0 Å². The highest BCUT2D eigenvalue weighted by Crippen LogP contribution is 2.55. The molecule has 2 aromatic heterocycles. The summed E-state index contributed by atoms with van der Waals surface area (Å²) in [5.41, 5.74) is -2.99. The van der Waals surface area contributed by atoms with E-state index in [9.17, 15) is 13.2 Å². The summed E-state index contributed by atoms with van der Waals surface area (Å²) >= 11 is 0. The highest BCUT2D eigenvalue weighted by Gasteiger charge is 2.72. The third-order valence-electron chi connectivity index (χ3n) is 11.6. The Bertz CT molecular complexity index is 3380. The lowest BCUT2D eigenvalue weighted by Gasteiger charge is -2.35. The van der Waals surface area contributed by atoms with Crippen LogP contribution in [0.15, 0.2) is 194 Å². The summed E-state index contributed by atoms with van der Waals surface area (Å²) in [6.07, 6.45) is 5.11. The van der Waals surface area contributed by atoms with Crippen molar-refractivity contribution < 1.29 is 35.8 Å². The number of halogens is 6. The van der Waals surface area contributed by atoms with Gasteiger partial charge in [0, 0.05) is 44.8 Å². The molecular weight excluding hydrogens is 887 g/mol.